The second-order valence-electron chi connectivity index (χ2n) is 7.02. The average Bonchev–Trinajstić information content (AvgIpc) is 3.01. The second kappa shape index (κ2) is 8.47. The number of carbonyl (C=O) groups excluding carboxylic acids is 1. The molecular weight excluding hydrogens is 412 g/mol. The minimum absolute atomic E-state index is 0.301. The minimum Gasteiger partial charge on any atom is -0.494 e. The van der Waals surface area contributed by atoms with Crippen LogP contribution in [0.2, 0.25) is 5.02 Å². The van der Waals surface area contributed by atoms with Crippen molar-refractivity contribution < 1.29 is 17.9 Å². The molecule has 0 spiro atoms. The summed E-state index contributed by atoms with van der Waals surface area (Å²) in [5.41, 5.74) is 3.08. The lowest BCUT2D eigenvalue weighted by Crippen LogP contribution is -2.31. The van der Waals surface area contributed by atoms with Crippen LogP contribution in [0.15, 0.2) is 42.5 Å². The largest absolute Gasteiger partial charge is 0.494 e. The van der Waals surface area contributed by atoms with E-state index in [2.05, 4.69) is 0 Å². The van der Waals surface area contributed by atoms with E-state index in [4.69, 9.17) is 16.3 Å². The summed E-state index contributed by atoms with van der Waals surface area (Å²) < 4.78 is 32.6. The first-order chi connectivity index (χ1) is 13.7. The highest BCUT2D eigenvalue weighted by Gasteiger charge is 2.18. The van der Waals surface area contributed by atoms with Crippen LogP contribution in [0.5, 0.6) is 5.75 Å². The standard InChI is InChI=1S/C21H23ClN2O4S/c1-14-11-17(12-15(2)20(14)22)28-10-6-9-24-18-8-5-4-7-16(18)13-19(24)21(25)23-29(3,26)27/h4-5,7-8,11-13H,6,9-10H2,1-3H3,(H,23,25). The van der Waals surface area contributed by atoms with Gasteiger partial charge < -0.3 is 9.30 Å². The van der Waals surface area contributed by atoms with Gasteiger partial charge in [0.25, 0.3) is 5.91 Å². The Morgan fingerprint density at radius 1 is 1.14 bits per heavy atom. The van der Waals surface area contributed by atoms with Crippen molar-refractivity contribution in [3.05, 3.63) is 64.3 Å². The number of aryl methyl sites for hydroxylation is 3. The van der Waals surface area contributed by atoms with E-state index < -0.39 is 15.9 Å². The summed E-state index contributed by atoms with van der Waals surface area (Å²) in [6.07, 6.45) is 1.60. The molecule has 6 nitrogen and oxygen atoms in total. The minimum atomic E-state index is -3.65. The van der Waals surface area contributed by atoms with E-state index in [0.717, 1.165) is 39.1 Å². The molecule has 0 saturated carbocycles. The fourth-order valence-electron chi connectivity index (χ4n) is 3.26. The molecule has 1 amide bonds. The molecule has 0 unspecified atom stereocenters. The van der Waals surface area contributed by atoms with E-state index in [1.807, 2.05) is 59.5 Å². The molecule has 1 N–H and O–H groups in total. The third-order valence-corrected chi connectivity index (χ3v) is 5.68. The van der Waals surface area contributed by atoms with Crippen LogP contribution < -0.4 is 9.46 Å². The molecule has 2 aromatic carbocycles. The second-order valence-corrected chi connectivity index (χ2v) is 9.14. The van der Waals surface area contributed by atoms with Gasteiger partial charge in [-0.3, -0.25) is 4.79 Å². The average molecular weight is 435 g/mol. The number of fused-ring (bicyclic) bond motifs is 1. The summed E-state index contributed by atoms with van der Waals surface area (Å²) in [6.45, 7) is 4.81. The van der Waals surface area contributed by atoms with E-state index >= 15 is 0 Å². The molecule has 0 aliphatic heterocycles. The number of hydrogen-bond acceptors (Lipinski definition) is 4. The highest BCUT2D eigenvalue weighted by molar-refractivity contribution is 7.89. The van der Waals surface area contributed by atoms with Gasteiger partial charge in [-0.1, -0.05) is 29.8 Å². The maximum atomic E-state index is 12.5. The molecule has 8 heteroatoms. The van der Waals surface area contributed by atoms with Gasteiger partial charge in [0.05, 0.1) is 12.9 Å². The quantitative estimate of drug-likeness (QED) is 0.568. The molecule has 3 rings (SSSR count). The van der Waals surface area contributed by atoms with Crippen LogP contribution in [0.1, 0.15) is 28.0 Å². The van der Waals surface area contributed by atoms with Gasteiger partial charge in [0.1, 0.15) is 11.4 Å². The third-order valence-electron chi connectivity index (χ3n) is 4.53. The Balaban J connectivity index is 1.75. The number of ether oxygens (including phenoxy) is 1. The molecule has 3 aromatic rings. The summed E-state index contributed by atoms with van der Waals surface area (Å²) in [6, 6.07) is 13.0. The number of nitrogens with zero attached hydrogens (tertiary/aromatic N) is 1. The maximum absolute atomic E-state index is 12.5. The molecule has 0 aliphatic carbocycles. The van der Waals surface area contributed by atoms with Gasteiger partial charge in [-0.05, 0) is 55.7 Å². The normalized spacial score (nSPS) is 11.6. The Morgan fingerprint density at radius 3 is 2.45 bits per heavy atom. The predicted molar refractivity (Wildman–Crippen MR) is 115 cm³/mol. The van der Waals surface area contributed by atoms with Crippen molar-refractivity contribution in [1.82, 2.24) is 9.29 Å². The molecule has 1 aromatic heterocycles. The van der Waals surface area contributed by atoms with Crippen molar-refractivity contribution in [2.75, 3.05) is 12.9 Å². The van der Waals surface area contributed by atoms with Gasteiger partial charge in [0, 0.05) is 22.5 Å². The number of aromatic nitrogens is 1. The number of para-hydroxylation sites is 1. The van der Waals surface area contributed by atoms with E-state index in [0.29, 0.717) is 25.3 Å². The number of halogens is 1. The molecule has 0 atom stereocenters. The molecule has 154 valence electrons. The third kappa shape index (κ3) is 5.10. The Bertz CT molecular complexity index is 1150. The van der Waals surface area contributed by atoms with Crippen LogP contribution in [0.3, 0.4) is 0 Å². The lowest BCUT2D eigenvalue weighted by molar-refractivity contribution is 0.0972. The van der Waals surface area contributed by atoms with Gasteiger partial charge >= 0.3 is 0 Å². The number of nitrogens with one attached hydrogen (secondary N) is 1. The van der Waals surface area contributed by atoms with Crippen LogP contribution in [0, 0.1) is 13.8 Å². The number of sulfonamides is 1. The van der Waals surface area contributed by atoms with Gasteiger partial charge in [-0.25, -0.2) is 13.1 Å². The van der Waals surface area contributed by atoms with Crippen molar-refractivity contribution in [2.45, 2.75) is 26.8 Å². The Morgan fingerprint density at radius 2 is 1.79 bits per heavy atom. The molecule has 0 bridgehead atoms. The summed E-state index contributed by atoms with van der Waals surface area (Å²) >= 11 is 6.19. The summed E-state index contributed by atoms with van der Waals surface area (Å²) in [5, 5.41) is 1.61. The molecule has 0 fully saturated rings. The van der Waals surface area contributed by atoms with Crippen LogP contribution in [-0.4, -0.2) is 31.8 Å². The lowest BCUT2D eigenvalue weighted by atomic mass is 10.1. The van der Waals surface area contributed by atoms with Gasteiger partial charge in [-0.15, -0.1) is 0 Å². The Labute approximate surface area is 175 Å². The Kier molecular flexibility index (Phi) is 6.19. The van der Waals surface area contributed by atoms with Gasteiger partial charge in [-0.2, -0.15) is 0 Å². The maximum Gasteiger partial charge on any atom is 0.281 e. The zero-order valence-electron chi connectivity index (χ0n) is 16.5. The monoisotopic (exact) mass is 434 g/mol. The fraction of sp³-hybridized carbons (Fsp3) is 0.286. The van der Waals surface area contributed by atoms with Crippen molar-refractivity contribution in [3.8, 4) is 5.75 Å². The zero-order chi connectivity index (χ0) is 21.2. The van der Waals surface area contributed by atoms with Gasteiger partial charge in [0.2, 0.25) is 10.0 Å². The van der Waals surface area contributed by atoms with Crippen molar-refractivity contribution in [2.24, 2.45) is 0 Å². The topological polar surface area (TPSA) is 77.4 Å². The first-order valence-corrected chi connectivity index (χ1v) is 11.4. The van der Waals surface area contributed by atoms with Crippen molar-refractivity contribution >= 4 is 38.4 Å². The SMILES string of the molecule is Cc1cc(OCCCn2c(C(=O)NS(C)(=O)=O)cc3ccccc32)cc(C)c1Cl. The smallest absolute Gasteiger partial charge is 0.281 e. The summed E-state index contributed by atoms with van der Waals surface area (Å²) in [4.78, 5) is 12.5. The number of hydrogen-bond donors (Lipinski definition) is 1. The molecule has 29 heavy (non-hydrogen) atoms. The van der Waals surface area contributed by atoms with E-state index in [1.165, 1.54) is 0 Å². The van der Waals surface area contributed by atoms with Crippen LogP contribution >= 0.6 is 11.6 Å². The molecule has 0 aliphatic rings. The fourth-order valence-corrected chi connectivity index (χ4v) is 3.81. The molecule has 1 heterocycles. The molecule has 0 radical (unpaired) electrons. The van der Waals surface area contributed by atoms with Crippen LogP contribution in [-0.2, 0) is 16.6 Å². The van der Waals surface area contributed by atoms with Gasteiger partial charge in [0.15, 0.2) is 0 Å². The van der Waals surface area contributed by atoms with E-state index in [-0.39, 0.29) is 0 Å². The number of carbonyl (C=O) groups is 1. The van der Waals surface area contributed by atoms with Crippen molar-refractivity contribution in [1.29, 1.82) is 0 Å². The predicted octanol–water partition coefficient (Wildman–Crippen LogP) is 4.07. The van der Waals surface area contributed by atoms with Crippen molar-refractivity contribution in [3.63, 3.8) is 0 Å². The van der Waals surface area contributed by atoms with Crippen LogP contribution in [0.4, 0.5) is 0 Å². The summed E-state index contributed by atoms with van der Waals surface area (Å²) in [5.74, 6) is 0.102. The van der Waals surface area contributed by atoms with E-state index in [9.17, 15) is 13.2 Å². The first kappa shape index (κ1) is 21.2. The van der Waals surface area contributed by atoms with E-state index in [1.54, 1.807) is 6.07 Å². The number of rotatable bonds is 7. The Hall–Kier alpha value is -2.51. The zero-order valence-corrected chi connectivity index (χ0v) is 18.1. The number of benzene rings is 2. The summed E-state index contributed by atoms with van der Waals surface area (Å²) in [7, 11) is -3.65. The lowest BCUT2D eigenvalue weighted by Gasteiger charge is -2.12. The highest BCUT2D eigenvalue weighted by atomic mass is 35.5. The first-order valence-electron chi connectivity index (χ1n) is 9.15. The number of amides is 1. The molecular formula is C21H23ClN2O4S. The van der Waals surface area contributed by atoms with Crippen LogP contribution in [0.25, 0.3) is 10.9 Å². The highest BCUT2D eigenvalue weighted by Crippen LogP contribution is 2.26. The molecule has 0 saturated heterocycles.